The van der Waals surface area contributed by atoms with Crippen LogP contribution in [0.3, 0.4) is 0 Å². The molecule has 22 heavy (non-hydrogen) atoms. The summed E-state index contributed by atoms with van der Waals surface area (Å²) in [6.07, 6.45) is -0.657. The molecule has 3 aliphatic rings. The van der Waals surface area contributed by atoms with Gasteiger partial charge >= 0.3 is 12.1 Å². The van der Waals surface area contributed by atoms with Gasteiger partial charge in [-0.2, -0.15) is 13.2 Å². The lowest BCUT2D eigenvalue weighted by atomic mass is 9.85. The second-order valence-corrected chi connectivity index (χ2v) is 7.09. The Morgan fingerprint density at radius 3 is 2.41 bits per heavy atom. The van der Waals surface area contributed by atoms with E-state index in [1.54, 1.807) is 0 Å². The third kappa shape index (κ3) is 2.38. The Kier molecular flexibility index (Phi) is 3.64. The first kappa shape index (κ1) is 15.6. The fraction of sp³-hybridized carbons (Fsp3) is 0.867. The number of halogens is 3. The minimum atomic E-state index is -4.83. The average Bonchev–Trinajstić information content (AvgIpc) is 3.12. The lowest BCUT2D eigenvalue weighted by Gasteiger charge is -2.28. The summed E-state index contributed by atoms with van der Waals surface area (Å²) in [7, 11) is 0. The van der Waals surface area contributed by atoms with Crippen LogP contribution in [0.15, 0.2) is 0 Å². The molecule has 1 N–H and O–H groups in total. The summed E-state index contributed by atoms with van der Waals surface area (Å²) in [4.78, 5) is 24.5. The first-order valence-corrected chi connectivity index (χ1v) is 7.81. The molecule has 4 unspecified atom stereocenters. The molecule has 1 aliphatic heterocycles. The molecule has 0 spiro atoms. The highest BCUT2D eigenvalue weighted by atomic mass is 19.4. The van der Waals surface area contributed by atoms with E-state index in [1.807, 2.05) is 0 Å². The van der Waals surface area contributed by atoms with E-state index < -0.39 is 30.5 Å². The van der Waals surface area contributed by atoms with E-state index in [4.69, 9.17) is 5.11 Å². The Morgan fingerprint density at radius 2 is 1.95 bits per heavy atom. The topological polar surface area (TPSA) is 57.6 Å². The van der Waals surface area contributed by atoms with E-state index >= 15 is 0 Å². The number of amides is 1. The van der Waals surface area contributed by atoms with Gasteiger partial charge in [0.15, 0.2) is 5.41 Å². The van der Waals surface area contributed by atoms with Crippen molar-refractivity contribution in [2.75, 3.05) is 13.1 Å². The van der Waals surface area contributed by atoms with E-state index in [0.717, 1.165) is 24.2 Å². The summed E-state index contributed by atoms with van der Waals surface area (Å²) in [5.74, 6) is -0.713. The normalized spacial score (nSPS) is 37.8. The van der Waals surface area contributed by atoms with Gasteiger partial charge in [-0.25, -0.2) is 0 Å². The van der Waals surface area contributed by atoms with Crippen molar-refractivity contribution < 1.29 is 27.9 Å². The number of rotatable bonds is 3. The number of alkyl halides is 3. The molecule has 0 aromatic carbocycles. The van der Waals surface area contributed by atoms with Gasteiger partial charge in [-0.3, -0.25) is 9.59 Å². The minimum Gasteiger partial charge on any atom is -0.481 e. The molecular formula is C15H20F3NO3. The smallest absolute Gasteiger partial charge is 0.406 e. The van der Waals surface area contributed by atoms with E-state index in [-0.39, 0.29) is 24.8 Å². The van der Waals surface area contributed by atoms with Gasteiger partial charge in [0, 0.05) is 19.5 Å². The third-order valence-electron chi connectivity index (χ3n) is 5.90. The largest absolute Gasteiger partial charge is 0.481 e. The van der Waals surface area contributed by atoms with Crippen LogP contribution in [-0.2, 0) is 9.59 Å². The van der Waals surface area contributed by atoms with E-state index in [1.165, 1.54) is 6.42 Å². The third-order valence-corrected chi connectivity index (χ3v) is 5.90. The number of likely N-dealkylation sites (tertiary alicyclic amines) is 1. The molecular weight excluding hydrogens is 299 g/mol. The predicted molar refractivity (Wildman–Crippen MR) is 70.9 cm³/mol. The molecule has 0 radical (unpaired) electrons. The molecule has 0 aromatic rings. The highest BCUT2D eigenvalue weighted by molar-refractivity contribution is 5.81. The number of hydrogen-bond donors (Lipinski definition) is 1. The molecule has 1 amide bonds. The Hall–Kier alpha value is -1.27. The number of nitrogens with zero attached hydrogens (tertiary/aromatic N) is 1. The molecule has 4 atom stereocenters. The summed E-state index contributed by atoms with van der Waals surface area (Å²) >= 11 is 0. The summed E-state index contributed by atoms with van der Waals surface area (Å²) in [6, 6.07) is 0. The standard InChI is InChI=1S/C15H20F3NO3/c16-15(17,18)14(13(21)22)3-4-19(8-14)12(20)7-11-6-9-1-2-10(11)5-9/h9-11H,1-8H2,(H,21,22). The number of carboxylic acids is 1. The first-order chi connectivity index (χ1) is 10.2. The second-order valence-electron chi connectivity index (χ2n) is 7.09. The van der Waals surface area contributed by atoms with Crippen LogP contribution in [0.5, 0.6) is 0 Å². The molecule has 124 valence electrons. The molecule has 0 aromatic heterocycles. The highest BCUT2D eigenvalue weighted by Gasteiger charge is 2.64. The van der Waals surface area contributed by atoms with Gasteiger partial charge in [0.2, 0.25) is 5.91 Å². The summed E-state index contributed by atoms with van der Waals surface area (Å²) in [6.45, 7) is -0.864. The molecule has 4 nitrogen and oxygen atoms in total. The van der Waals surface area contributed by atoms with Gasteiger partial charge in [-0.15, -0.1) is 0 Å². The number of carbonyl (C=O) groups excluding carboxylic acids is 1. The lowest BCUT2D eigenvalue weighted by Crippen LogP contribution is -2.47. The fourth-order valence-corrected chi connectivity index (χ4v) is 4.53. The van der Waals surface area contributed by atoms with E-state index in [2.05, 4.69) is 0 Å². The Balaban J connectivity index is 1.64. The van der Waals surface area contributed by atoms with Crippen LogP contribution in [0.1, 0.15) is 38.5 Å². The first-order valence-electron chi connectivity index (χ1n) is 7.81. The Morgan fingerprint density at radius 1 is 1.23 bits per heavy atom. The maximum Gasteiger partial charge on any atom is 0.406 e. The van der Waals surface area contributed by atoms with Crippen molar-refractivity contribution in [2.24, 2.45) is 23.2 Å². The van der Waals surface area contributed by atoms with Gasteiger partial charge in [0.05, 0.1) is 0 Å². The van der Waals surface area contributed by atoms with Crippen molar-refractivity contribution in [3.8, 4) is 0 Å². The number of hydrogen-bond acceptors (Lipinski definition) is 2. The zero-order chi connectivity index (χ0) is 16.1. The summed E-state index contributed by atoms with van der Waals surface area (Å²) < 4.78 is 39.3. The number of carboxylic acid groups (broad SMARTS) is 1. The quantitative estimate of drug-likeness (QED) is 0.870. The van der Waals surface area contributed by atoms with Gasteiger partial charge in [0.1, 0.15) is 0 Å². The number of aliphatic carboxylic acids is 1. The van der Waals surface area contributed by atoms with Crippen LogP contribution >= 0.6 is 0 Å². The zero-order valence-corrected chi connectivity index (χ0v) is 12.2. The van der Waals surface area contributed by atoms with E-state index in [9.17, 15) is 22.8 Å². The van der Waals surface area contributed by atoms with Crippen molar-refractivity contribution in [3.63, 3.8) is 0 Å². The lowest BCUT2D eigenvalue weighted by molar-refractivity contribution is -0.227. The maximum absolute atomic E-state index is 13.1. The van der Waals surface area contributed by atoms with Gasteiger partial charge in [0.25, 0.3) is 0 Å². The molecule has 1 heterocycles. The minimum absolute atomic E-state index is 0.120. The van der Waals surface area contributed by atoms with Crippen molar-refractivity contribution in [2.45, 2.75) is 44.7 Å². The van der Waals surface area contributed by atoms with Crippen LogP contribution in [0.25, 0.3) is 0 Å². The maximum atomic E-state index is 13.1. The van der Waals surface area contributed by atoms with Crippen molar-refractivity contribution in [1.82, 2.24) is 4.90 Å². The van der Waals surface area contributed by atoms with Crippen molar-refractivity contribution >= 4 is 11.9 Å². The Bertz CT molecular complexity index is 493. The van der Waals surface area contributed by atoms with Gasteiger partial charge in [-0.05, 0) is 43.4 Å². The number of carbonyl (C=O) groups is 2. The summed E-state index contributed by atoms with van der Waals surface area (Å²) in [5, 5.41) is 9.01. The summed E-state index contributed by atoms with van der Waals surface area (Å²) in [5.41, 5.74) is -2.79. The molecule has 2 bridgehead atoms. The van der Waals surface area contributed by atoms with Crippen molar-refractivity contribution in [3.05, 3.63) is 0 Å². The van der Waals surface area contributed by atoms with E-state index in [0.29, 0.717) is 11.8 Å². The van der Waals surface area contributed by atoms with Crippen LogP contribution in [0.2, 0.25) is 0 Å². The molecule has 3 fully saturated rings. The second kappa shape index (κ2) is 5.13. The molecule has 2 saturated carbocycles. The van der Waals surface area contributed by atoms with Crippen LogP contribution in [0.4, 0.5) is 13.2 Å². The SMILES string of the molecule is O=C(CC1CC2CCC1C2)N1CCC(C(=O)O)(C(F)(F)F)C1. The van der Waals surface area contributed by atoms with Crippen molar-refractivity contribution in [1.29, 1.82) is 0 Å². The fourth-order valence-electron chi connectivity index (χ4n) is 4.53. The monoisotopic (exact) mass is 319 g/mol. The Labute approximate surface area is 126 Å². The highest BCUT2D eigenvalue weighted by Crippen LogP contribution is 2.50. The van der Waals surface area contributed by atoms with Gasteiger partial charge < -0.3 is 10.0 Å². The predicted octanol–water partition coefficient (Wildman–Crippen LogP) is 2.68. The molecule has 3 rings (SSSR count). The molecule has 2 aliphatic carbocycles. The molecule has 1 saturated heterocycles. The number of fused-ring (bicyclic) bond motifs is 2. The van der Waals surface area contributed by atoms with Crippen LogP contribution in [0, 0.1) is 23.2 Å². The molecule has 7 heteroatoms. The van der Waals surface area contributed by atoms with Crippen LogP contribution in [-0.4, -0.2) is 41.1 Å². The zero-order valence-electron chi connectivity index (χ0n) is 12.2. The van der Waals surface area contributed by atoms with Crippen LogP contribution < -0.4 is 0 Å². The van der Waals surface area contributed by atoms with Gasteiger partial charge in [-0.1, -0.05) is 6.42 Å². The average molecular weight is 319 g/mol.